The van der Waals surface area contributed by atoms with E-state index >= 15 is 0 Å². The molecule has 0 fully saturated rings. The predicted molar refractivity (Wildman–Crippen MR) is 116 cm³/mol. The summed E-state index contributed by atoms with van der Waals surface area (Å²) in [7, 11) is 0. The minimum absolute atomic E-state index is 0.260. The maximum Gasteiger partial charge on any atom is 0.262 e. The first-order chi connectivity index (χ1) is 14.6. The van der Waals surface area contributed by atoms with Gasteiger partial charge in [0.2, 0.25) is 0 Å². The van der Waals surface area contributed by atoms with Crippen molar-refractivity contribution in [1.29, 1.82) is 0 Å². The van der Waals surface area contributed by atoms with Crippen LogP contribution in [0.2, 0.25) is 0 Å². The Morgan fingerprint density at radius 3 is 2.10 bits per heavy atom. The van der Waals surface area contributed by atoms with Gasteiger partial charge in [-0.05, 0) is 48.7 Å². The molecule has 1 atom stereocenters. The van der Waals surface area contributed by atoms with Crippen molar-refractivity contribution >= 4 is 22.7 Å². The number of carbonyl (C=O) groups is 2. The summed E-state index contributed by atoms with van der Waals surface area (Å²) in [6, 6.07) is 26.4. The number of carbonyl (C=O) groups excluding carboxylic acids is 2. The van der Waals surface area contributed by atoms with Crippen molar-refractivity contribution in [3.63, 3.8) is 0 Å². The highest BCUT2D eigenvalue weighted by molar-refractivity contribution is 6.21. The van der Waals surface area contributed by atoms with Gasteiger partial charge < -0.3 is 0 Å². The second kappa shape index (κ2) is 7.23. The second-order valence-electron chi connectivity index (χ2n) is 7.61. The number of aryl methyl sites for hydroxylation is 1. The van der Waals surface area contributed by atoms with E-state index in [2.05, 4.69) is 0 Å². The first-order valence-electron chi connectivity index (χ1n) is 10.0. The van der Waals surface area contributed by atoms with Crippen LogP contribution in [-0.4, -0.2) is 21.7 Å². The smallest absolute Gasteiger partial charge is 0.262 e. The Labute approximate surface area is 174 Å². The molecule has 4 heteroatoms. The molecule has 3 aromatic carbocycles. The van der Waals surface area contributed by atoms with E-state index in [0.717, 1.165) is 27.7 Å². The number of rotatable bonds is 4. The van der Waals surface area contributed by atoms with Crippen molar-refractivity contribution < 1.29 is 9.59 Å². The van der Waals surface area contributed by atoms with Crippen LogP contribution in [0.1, 0.15) is 43.6 Å². The molecule has 0 radical (unpaired) electrons. The molecule has 1 aliphatic heterocycles. The third kappa shape index (κ3) is 2.98. The quantitative estimate of drug-likeness (QED) is 0.453. The number of benzene rings is 3. The topological polar surface area (TPSA) is 50.3 Å². The summed E-state index contributed by atoms with van der Waals surface area (Å²) in [5, 5.41) is 1.07. The molecule has 0 N–H and O–H groups in total. The van der Waals surface area contributed by atoms with E-state index in [1.165, 1.54) is 4.90 Å². The highest BCUT2D eigenvalue weighted by Crippen LogP contribution is 2.34. The molecule has 0 aliphatic carbocycles. The highest BCUT2D eigenvalue weighted by atomic mass is 16.2. The summed E-state index contributed by atoms with van der Waals surface area (Å²) in [5.41, 5.74) is 4.62. The van der Waals surface area contributed by atoms with Crippen molar-refractivity contribution in [3.8, 4) is 0 Å². The molecular weight excluding hydrogens is 372 g/mol. The fraction of sp³-hybridized carbons (Fsp3) is 0.115. The molecule has 0 saturated heterocycles. The standard InChI is InChI=1S/C26H20N2O2/c1-17-15-23(27-22-14-8-7-11-19(17)22)24(16-18-9-3-2-4-10-18)28-25(29)20-12-5-6-13-21(20)26(28)30/h2-15,24H,16H2,1H3. The van der Waals surface area contributed by atoms with Crippen LogP contribution >= 0.6 is 0 Å². The van der Waals surface area contributed by atoms with Gasteiger partial charge in [0, 0.05) is 5.39 Å². The van der Waals surface area contributed by atoms with Crippen LogP contribution in [0.25, 0.3) is 10.9 Å². The van der Waals surface area contributed by atoms with Gasteiger partial charge in [0.05, 0.1) is 28.4 Å². The van der Waals surface area contributed by atoms with Gasteiger partial charge in [-0.3, -0.25) is 19.5 Å². The fourth-order valence-electron chi connectivity index (χ4n) is 4.20. The number of para-hydroxylation sites is 1. The average molecular weight is 392 g/mol. The lowest BCUT2D eigenvalue weighted by atomic mass is 9.98. The van der Waals surface area contributed by atoms with Crippen molar-refractivity contribution in [2.75, 3.05) is 0 Å². The normalized spacial score (nSPS) is 14.2. The number of imide groups is 1. The lowest BCUT2D eigenvalue weighted by Crippen LogP contribution is -2.36. The fourth-order valence-corrected chi connectivity index (χ4v) is 4.20. The summed E-state index contributed by atoms with van der Waals surface area (Å²) < 4.78 is 0. The predicted octanol–water partition coefficient (Wildman–Crippen LogP) is 5.12. The Hall–Kier alpha value is -3.79. The molecule has 2 amide bonds. The molecule has 146 valence electrons. The van der Waals surface area contributed by atoms with Gasteiger partial charge in [-0.25, -0.2) is 0 Å². The maximum atomic E-state index is 13.2. The molecule has 2 heterocycles. The molecule has 30 heavy (non-hydrogen) atoms. The van der Waals surface area contributed by atoms with Crippen LogP contribution in [0, 0.1) is 6.92 Å². The Morgan fingerprint density at radius 2 is 1.40 bits per heavy atom. The molecule has 1 aliphatic rings. The van der Waals surface area contributed by atoms with Crippen molar-refractivity contribution in [2.45, 2.75) is 19.4 Å². The van der Waals surface area contributed by atoms with Crippen LogP contribution in [0.15, 0.2) is 84.9 Å². The molecular formula is C26H20N2O2. The van der Waals surface area contributed by atoms with E-state index in [-0.39, 0.29) is 11.8 Å². The van der Waals surface area contributed by atoms with Gasteiger partial charge in [-0.15, -0.1) is 0 Å². The zero-order valence-corrected chi connectivity index (χ0v) is 16.6. The zero-order valence-electron chi connectivity index (χ0n) is 16.6. The van der Waals surface area contributed by atoms with E-state index in [4.69, 9.17) is 4.98 Å². The van der Waals surface area contributed by atoms with E-state index in [1.54, 1.807) is 24.3 Å². The molecule has 0 bridgehead atoms. The zero-order chi connectivity index (χ0) is 20.7. The van der Waals surface area contributed by atoms with Gasteiger partial charge in [0.25, 0.3) is 11.8 Å². The molecule has 1 aromatic heterocycles. The number of fused-ring (bicyclic) bond motifs is 2. The summed E-state index contributed by atoms with van der Waals surface area (Å²) in [5.74, 6) is -0.520. The van der Waals surface area contributed by atoms with Crippen LogP contribution < -0.4 is 0 Å². The molecule has 0 spiro atoms. The van der Waals surface area contributed by atoms with Gasteiger partial charge >= 0.3 is 0 Å². The van der Waals surface area contributed by atoms with Crippen LogP contribution in [-0.2, 0) is 6.42 Å². The number of hydrogen-bond acceptors (Lipinski definition) is 3. The average Bonchev–Trinajstić information content (AvgIpc) is 3.03. The number of nitrogens with zero attached hydrogens (tertiary/aromatic N) is 2. The second-order valence-corrected chi connectivity index (χ2v) is 7.61. The Balaban J connectivity index is 1.65. The summed E-state index contributed by atoms with van der Waals surface area (Å²) in [6.07, 6.45) is 0.511. The minimum Gasteiger partial charge on any atom is -0.269 e. The third-order valence-corrected chi connectivity index (χ3v) is 5.69. The number of amides is 2. The summed E-state index contributed by atoms with van der Waals surface area (Å²) in [6.45, 7) is 2.04. The first kappa shape index (κ1) is 18.3. The van der Waals surface area contributed by atoms with E-state index in [9.17, 15) is 9.59 Å². The molecule has 4 aromatic rings. The number of pyridine rings is 1. The van der Waals surface area contributed by atoms with Crippen LogP contribution in [0.4, 0.5) is 0 Å². The van der Waals surface area contributed by atoms with Gasteiger partial charge in [0.1, 0.15) is 0 Å². The number of aromatic nitrogens is 1. The van der Waals surface area contributed by atoms with Gasteiger partial charge in [-0.2, -0.15) is 0 Å². The van der Waals surface area contributed by atoms with E-state index in [0.29, 0.717) is 17.5 Å². The maximum absolute atomic E-state index is 13.2. The van der Waals surface area contributed by atoms with Crippen molar-refractivity contribution in [2.24, 2.45) is 0 Å². The lowest BCUT2D eigenvalue weighted by Gasteiger charge is -2.26. The van der Waals surface area contributed by atoms with Crippen molar-refractivity contribution in [1.82, 2.24) is 9.88 Å². The molecule has 1 unspecified atom stereocenters. The minimum atomic E-state index is -0.483. The van der Waals surface area contributed by atoms with Crippen LogP contribution in [0.3, 0.4) is 0 Å². The van der Waals surface area contributed by atoms with Crippen LogP contribution in [0.5, 0.6) is 0 Å². The largest absolute Gasteiger partial charge is 0.269 e. The van der Waals surface area contributed by atoms with E-state index < -0.39 is 6.04 Å². The van der Waals surface area contributed by atoms with Gasteiger partial charge in [0.15, 0.2) is 0 Å². The molecule has 5 rings (SSSR count). The Morgan fingerprint density at radius 1 is 0.800 bits per heavy atom. The lowest BCUT2D eigenvalue weighted by molar-refractivity contribution is 0.0578. The summed E-state index contributed by atoms with van der Waals surface area (Å²) in [4.78, 5) is 32.7. The first-order valence-corrected chi connectivity index (χ1v) is 10.0. The Kier molecular flexibility index (Phi) is 4.40. The molecule has 0 saturated carbocycles. The third-order valence-electron chi connectivity index (χ3n) is 5.69. The van der Waals surface area contributed by atoms with Crippen molar-refractivity contribution in [3.05, 3.63) is 113 Å². The number of hydrogen-bond donors (Lipinski definition) is 0. The molecule has 4 nitrogen and oxygen atoms in total. The van der Waals surface area contributed by atoms with E-state index in [1.807, 2.05) is 67.6 Å². The Bertz CT molecular complexity index is 1250. The monoisotopic (exact) mass is 392 g/mol. The van der Waals surface area contributed by atoms with Gasteiger partial charge in [-0.1, -0.05) is 60.7 Å². The highest BCUT2D eigenvalue weighted by Gasteiger charge is 2.41. The summed E-state index contributed by atoms with van der Waals surface area (Å²) >= 11 is 0. The SMILES string of the molecule is Cc1cc(C(Cc2ccccc2)N2C(=O)c3ccccc3C2=O)nc2ccccc12.